The van der Waals surface area contributed by atoms with Gasteiger partial charge in [-0.2, -0.15) is 5.10 Å². The number of methoxy groups -OCH3 is 1. The average Bonchev–Trinajstić information content (AvgIpc) is 2.94. The van der Waals surface area contributed by atoms with Crippen molar-refractivity contribution in [3.63, 3.8) is 0 Å². The van der Waals surface area contributed by atoms with Gasteiger partial charge in [0.25, 0.3) is 12.3 Å². The first kappa shape index (κ1) is 26.1. The number of amides is 1. The Morgan fingerprint density at radius 2 is 1.62 bits per heavy atom. The van der Waals surface area contributed by atoms with Gasteiger partial charge in [0, 0.05) is 26.4 Å². The van der Waals surface area contributed by atoms with E-state index >= 15 is 0 Å². The summed E-state index contributed by atoms with van der Waals surface area (Å²) < 4.78 is 28.7. The molecule has 0 aliphatic carbocycles. The van der Waals surface area contributed by atoms with Gasteiger partial charge >= 0.3 is 0 Å². The molecule has 1 amide bonds. The van der Waals surface area contributed by atoms with Crippen molar-refractivity contribution >= 4 is 23.1 Å². The number of hydrazone groups is 1. The summed E-state index contributed by atoms with van der Waals surface area (Å²) in [7, 11) is 3.25. The third-order valence-electron chi connectivity index (χ3n) is 2.92. The van der Waals surface area contributed by atoms with Crippen molar-refractivity contribution in [2.24, 2.45) is 11.0 Å². The van der Waals surface area contributed by atoms with Crippen molar-refractivity contribution in [3.05, 3.63) is 30.3 Å². The number of carbonyl (C=O) groups excluding carboxylic acids is 2. The molecule has 0 bridgehead atoms. The molecule has 1 heterocycles. The third kappa shape index (κ3) is 8.29. The van der Waals surface area contributed by atoms with Crippen LogP contribution < -0.4 is 5.01 Å². The normalized spacial score (nSPS) is 15.0. The van der Waals surface area contributed by atoms with Crippen LogP contribution in [0.2, 0.25) is 0 Å². The number of anilines is 1. The molecular formula is C19H30F2N2O3. The van der Waals surface area contributed by atoms with Crippen LogP contribution >= 0.6 is 0 Å². The van der Waals surface area contributed by atoms with E-state index in [1.165, 1.54) is 0 Å². The highest BCUT2D eigenvalue weighted by atomic mass is 19.3. The number of ether oxygens (including phenoxy) is 1. The van der Waals surface area contributed by atoms with Crippen LogP contribution in [0.25, 0.3) is 0 Å². The molecule has 0 N–H and O–H groups in total. The standard InChI is InChI=1S/C13H12F2N2O2.C2H6O.2C2H6/c1-8-10(7-11(18)12(14)15)13(19)17(16-8)9-5-3-2-4-6-9;1-3-2;2*1-2/h2-6,10,12H,7H2,1H3;1-2H3;2*1-2H3. The predicted molar refractivity (Wildman–Crippen MR) is 102 cm³/mol. The van der Waals surface area contributed by atoms with Gasteiger partial charge in [-0.15, -0.1) is 0 Å². The molecule has 0 saturated heterocycles. The first-order valence-electron chi connectivity index (χ1n) is 8.57. The third-order valence-corrected chi connectivity index (χ3v) is 2.92. The molecule has 0 fully saturated rings. The number of Topliss-reactive ketones (excluding diaryl/α,β-unsaturated/α-hetero) is 1. The van der Waals surface area contributed by atoms with Gasteiger partial charge < -0.3 is 4.74 Å². The SMILES string of the molecule is CC.CC.CC1=NN(c2ccccc2)C(=O)C1CC(=O)C(F)F.COC. The molecule has 5 nitrogen and oxygen atoms in total. The van der Waals surface area contributed by atoms with E-state index in [1.54, 1.807) is 51.5 Å². The molecule has 148 valence electrons. The summed E-state index contributed by atoms with van der Waals surface area (Å²) in [6, 6.07) is 8.65. The van der Waals surface area contributed by atoms with Gasteiger partial charge in [0.1, 0.15) is 0 Å². The van der Waals surface area contributed by atoms with Crippen LogP contribution in [-0.4, -0.2) is 38.0 Å². The maximum Gasteiger partial charge on any atom is 0.296 e. The summed E-state index contributed by atoms with van der Waals surface area (Å²) in [6.45, 7) is 9.56. The van der Waals surface area contributed by atoms with Gasteiger partial charge in [0.15, 0.2) is 5.78 Å². The van der Waals surface area contributed by atoms with E-state index in [0.29, 0.717) is 11.4 Å². The molecule has 7 heteroatoms. The molecule has 0 saturated carbocycles. The van der Waals surface area contributed by atoms with Crippen molar-refractivity contribution < 1.29 is 23.1 Å². The van der Waals surface area contributed by atoms with Crippen LogP contribution in [0.4, 0.5) is 14.5 Å². The Kier molecular flexibility index (Phi) is 15.2. The van der Waals surface area contributed by atoms with Crippen molar-refractivity contribution in [1.82, 2.24) is 0 Å². The maximum absolute atomic E-state index is 12.2. The fourth-order valence-corrected chi connectivity index (χ4v) is 1.88. The molecular weight excluding hydrogens is 342 g/mol. The Hall–Kier alpha value is -2.15. The van der Waals surface area contributed by atoms with Gasteiger partial charge in [-0.05, 0) is 19.1 Å². The summed E-state index contributed by atoms with van der Waals surface area (Å²) in [5, 5.41) is 5.19. The number of hydrogen-bond acceptors (Lipinski definition) is 4. The molecule has 0 aromatic heterocycles. The second-order valence-electron chi connectivity index (χ2n) is 4.66. The average molecular weight is 372 g/mol. The minimum Gasteiger partial charge on any atom is -0.388 e. The first-order chi connectivity index (χ1) is 12.4. The topological polar surface area (TPSA) is 59.0 Å². The largest absolute Gasteiger partial charge is 0.388 e. The van der Waals surface area contributed by atoms with Crippen LogP contribution in [0.5, 0.6) is 0 Å². The lowest BCUT2D eigenvalue weighted by Gasteiger charge is -2.13. The lowest BCUT2D eigenvalue weighted by atomic mass is 9.98. The van der Waals surface area contributed by atoms with E-state index in [4.69, 9.17) is 0 Å². The first-order valence-corrected chi connectivity index (χ1v) is 8.57. The minimum absolute atomic E-state index is 0.378. The summed E-state index contributed by atoms with van der Waals surface area (Å²) in [6.07, 6.45) is -3.55. The Morgan fingerprint density at radius 1 is 1.15 bits per heavy atom. The number of hydrogen-bond donors (Lipinski definition) is 0. The zero-order valence-corrected chi connectivity index (χ0v) is 16.6. The zero-order chi connectivity index (χ0) is 20.7. The smallest absolute Gasteiger partial charge is 0.296 e. The van der Waals surface area contributed by atoms with Crippen molar-refractivity contribution in [2.75, 3.05) is 19.2 Å². The monoisotopic (exact) mass is 372 g/mol. The minimum atomic E-state index is -3.05. The van der Waals surface area contributed by atoms with Crippen molar-refractivity contribution in [2.45, 2.75) is 47.5 Å². The van der Waals surface area contributed by atoms with Gasteiger partial charge in [-0.1, -0.05) is 45.9 Å². The van der Waals surface area contributed by atoms with Gasteiger partial charge in [0.05, 0.1) is 11.6 Å². The van der Waals surface area contributed by atoms with Crippen LogP contribution in [0.1, 0.15) is 41.0 Å². The van der Waals surface area contributed by atoms with E-state index in [1.807, 2.05) is 27.7 Å². The molecule has 1 aliphatic heterocycles. The number of halogens is 2. The van der Waals surface area contributed by atoms with Crippen molar-refractivity contribution in [1.29, 1.82) is 0 Å². The molecule has 26 heavy (non-hydrogen) atoms. The van der Waals surface area contributed by atoms with E-state index in [9.17, 15) is 18.4 Å². The van der Waals surface area contributed by atoms with Crippen molar-refractivity contribution in [3.8, 4) is 0 Å². The molecule has 0 spiro atoms. The molecule has 1 aromatic carbocycles. The predicted octanol–water partition coefficient (Wildman–Crippen LogP) is 4.56. The number of para-hydroxylation sites is 1. The molecule has 2 rings (SSSR count). The fourth-order valence-electron chi connectivity index (χ4n) is 1.88. The van der Waals surface area contributed by atoms with Gasteiger partial charge in [-0.25, -0.2) is 13.8 Å². The highest BCUT2D eigenvalue weighted by molar-refractivity contribution is 6.16. The van der Waals surface area contributed by atoms with Gasteiger partial charge in [-0.3, -0.25) is 9.59 Å². The van der Waals surface area contributed by atoms with Gasteiger partial charge in [0.2, 0.25) is 0 Å². The van der Waals surface area contributed by atoms with Crippen LogP contribution in [-0.2, 0) is 14.3 Å². The van der Waals surface area contributed by atoms with E-state index in [0.717, 1.165) is 5.01 Å². The lowest BCUT2D eigenvalue weighted by molar-refractivity contribution is -0.132. The fraction of sp³-hybridized carbons (Fsp3) is 0.526. The second-order valence-corrected chi connectivity index (χ2v) is 4.66. The quantitative estimate of drug-likeness (QED) is 0.778. The van der Waals surface area contributed by atoms with E-state index in [-0.39, 0.29) is 0 Å². The number of carbonyl (C=O) groups is 2. The second kappa shape index (κ2) is 15.1. The highest BCUT2D eigenvalue weighted by Crippen LogP contribution is 2.26. The van der Waals surface area contributed by atoms with E-state index < -0.39 is 30.5 Å². The summed E-state index contributed by atoms with van der Waals surface area (Å²) in [4.78, 5) is 23.1. The maximum atomic E-state index is 12.2. The number of nitrogens with zero attached hydrogens (tertiary/aromatic N) is 2. The summed E-state index contributed by atoms with van der Waals surface area (Å²) in [5.74, 6) is -2.57. The van der Waals surface area contributed by atoms with Crippen LogP contribution in [0, 0.1) is 5.92 Å². The Labute approximate surface area is 155 Å². The summed E-state index contributed by atoms with van der Waals surface area (Å²) in [5.41, 5.74) is 0.932. The highest BCUT2D eigenvalue weighted by Gasteiger charge is 2.37. The molecule has 0 radical (unpaired) electrons. The molecule has 1 atom stereocenters. The number of ketones is 1. The molecule has 1 unspecified atom stereocenters. The Morgan fingerprint density at radius 3 is 2.04 bits per heavy atom. The summed E-state index contributed by atoms with van der Waals surface area (Å²) >= 11 is 0. The molecule has 1 aromatic rings. The Balaban J connectivity index is 0. The number of alkyl halides is 2. The molecule has 1 aliphatic rings. The lowest BCUT2D eigenvalue weighted by Crippen LogP contribution is -2.30. The van der Waals surface area contributed by atoms with E-state index in [2.05, 4.69) is 9.84 Å². The Bertz CT molecular complexity index is 549. The number of benzene rings is 1. The van der Waals surface area contributed by atoms with Crippen LogP contribution in [0.3, 0.4) is 0 Å². The number of rotatable bonds is 4. The van der Waals surface area contributed by atoms with Crippen LogP contribution in [0.15, 0.2) is 35.4 Å². The zero-order valence-electron chi connectivity index (χ0n) is 16.6.